The summed E-state index contributed by atoms with van der Waals surface area (Å²) in [6.45, 7) is -3.09. The molecule has 0 aromatic heterocycles. The van der Waals surface area contributed by atoms with E-state index in [-0.39, 0.29) is 26.2 Å². The Morgan fingerprint density at radius 3 is 1.89 bits per heavy atom. The summed E-state index contributed by atoms with van der Waals surface area (Å²) >= 11 is 0. The molecule has 0 radical (unpaired) electrons. The first-order valence-electron chi connectivity index (χ1n) is 5.34. The normalized spacial score (nSPS) is 18.5. The molecule has 0 aliphatic carbocycles. The van der Waals surface area contributed by atoms with Gasteiger partial charge in [0, 0.05) is 26.2 Å². The molecule has 1 rings (SSSR count). The number of ether oxygens (including phenoxy) is 1. The lowest BCUT2D eigenvalue weighted by atomic mass is 10.3. The van der Waals surface area contributed by atoms with E-state index in [9.17, 15) is 31.1 Å². The lowest BCUT2D eigenvalue weighted by Crippen LogP contribution is -2.51. The van der Waals surface area contributed by atoms with E-state index >= 15 is 0 Å². The van der Waals surface area contributed by atoms with Crippen LogP contribution in [-0.2, 0) is 4.74 Å². The Bertz CT molecular complexity index is 309. The Morgan fingerprint density at radius 1 is 0.947 bits per heavy atom. The van der Waals surface area contributed by atoms with Gasteiger partial charge >= 0.3 is 18.4 Å². The minimum absolute atomic E-state index is 0.0549. The van der Waals surface area contributed by atoms with Gasteiger partial charge in [-0.05, 0) is 0 Å². The van der Waals surface area contributed by atoms with Gasteiger partial charge in [0.1, 0.15) is 0 Å². The molecule has 1 aliphatic heterocycles. The van der Waals surface area contributed by atoms with Crippen LogP contribution < -0.4 is 0 Å². The molecule has 0 bridgehead atoms. The Kier molecular flexibility index (Phi) is 4.88. The summed E-state index contributed by atoms with van der Waals surface area (Å²) in [7, 11) is 0. The van der Waals surface area contributed by atoms with Crippen molar-refractivity contribution in [2.75, 3.05) is 39.3 Å². The average Bonchev–Trinajstić information content (AvgIpc) is 2.23. The second-order valence-corrected chi connectivity index (χ2v) is 4.05. The highest BCUT2D eigenvalue weighted by Gasteiger charge is 2.34. The van der Waals surface area contributed by atoms with E-state index in [1.54, 1.807) is 0 Å². The van der Waals surface area contributed by atoms with Gasteiger partial charge < -0.3 is 9.64 Å². The van der Waals surface area contributed by atoms with E-state index < -0.39 is 31.6 Å². The van der Waals surface area contributed by atoms with Crippen molar-refractivity contribution in [2.45, 2.75) is 12.4 Å². The molecule has 1 saturated heterocycles. The zero-order valence-corrected chi connectivity index (χ0v) is 9.72. The molecule has 112 valence electrons. The predicted molar refractivity (Wildman–Crippen MR) is 51.5 cm³/mol. The van der Waals surface area contributed by atoms with Crippen LogP contribution >= 0.6 is 0 Å². The summed E-state index contributed by atoms with van der Waals surface area (Å²) in [5.41, 5.74) is 0. The molecule has 1 amide bonds. The number of hydrogen-bond acceptors (Lipinski definition) is 3. The number of halogens is 6. The number of rotatable bonds is 2. The van der Waals surface area contributed by atoms with Crippen molar-refractivity contribution >= 4 is 6.09 Å². The second kappa shape index (κ2) is 5.85. The number of nitrogens with zero attached hydrogens (tertiary/aromatic N) is 2. The topological polar surface area (TPSA) is 32.8 Å². The van der Waals surface area contributed by atoms with Crippen molar-refractivity contribution in [3.05, 3.63) is 0 Å². The largest absolute Gasteiger partial charge is 0.440 e. The summed E-state index contributed by atoms with van der Waals surface area (Å²) < 4.78 is 75.6. The van der Waals surface area contributed by atoms with Gasteiger partial charge in [0.15, 0.2) is 6.61 Å². The van der Waals surface area contributed by atoms with Gasteiger partial charge in [-0.2, -0.15) is 26.3 Å². The lowest BCUT2D eigenvalue weighted by Gasteiger charge is -2.34. The standard InChI is InChI=1S/C9H12F6N2O2/c10-8(11,12)5-16-1-3-17(4-2-16)7(18)19-6-9(13,14)15/h1-6H2. The van der Waals surface area contributed by atoms with E-state index in [2.05, 4.69) is 4.74 Å². The first-order valence-corrected chi connectivity index (χ1v) is 5.34. The number of carbonyl (C=O) groups is 1. The fraction of sp³-hybridized carbons (Fsp3) is 0.889. The fourth-order valence-corrected chi connectivity index (χ4v) is 1.58. The summed E-state index contributed by atoms with van der Waals surface area (Å²) in [5.74, 6) is 0. The summed E-state index contributed by atoms with van der Waals surface area (Å²) in [6, 6.07) is 0. The molecule has 0 aromatic rings. The molecule has 0 aromatic carbocycles. The summed E-state index contributed by atoms with van der Waals surface area (Å²) in [5, 5.41) is 0. The minimum atomic E-state index is -4.62. The third-order valence-corrected chi connectivity index (χ3v) is 2.39. The van der Waals surface area contributed by atoms with Crippen LogP contribution in [0.1, 0.15) is 0 Å². The number of alkyl halides is 6. The van der Waals surface area contributed by atoms with E-state index in [0.29, 0.717) is 0 Å². The van der Waals surface area contributed by atoms with Crippen LogP contribution in [0.3, 0.4) is 0 Å². The number of piperazine rings is 1. The molecule has 0 atom stereocenters. The Hall–Kier alpha value is -1.19. The van der Waals surface area contributed by atoms with Crippen LogP contribution in [0.5, 0.6) is 0 Å². The maximum absolute atomic E-state index is 12.1. The molecular weight excluding hydrogens is 282 g/mol. The molecule has 4 nitrogen and oxygen atoms in total. The Balaban J connectivity index is 2.31. The zero-order valence-electron chi connectivity index (χ0n) is 9.72. The van der Waals surface area contributed by atoms with Crippen molar-refractivity contribution in [2.24, 2.45) is 0 Å². The van der Waals surface area contributed by atoms with Gasteiger partial charge in [-0.25, -0.2) is 4.79 Å². The first kappa shape index (κ1) is 15.9. The lowest BCUT2D eigenvalue weighted by molar-refractivity contribution is -0.164. The number of hydrogen-bond donors (Lipinski definition) is 0. The van der Waals surface area contributed by atoms with Crippen LogP contribution in [0.25, 0.3) is 0 Å². The third kappa shape index (κ3) is 6.50. The zero-order chi connectivity index (χ0) is 14.7. The SMILES string of the molecule is O=C(OCC(F)(F)F)N1CCN(CC(F)(F)F)CC1. The Labute approximate surface area is 104 Å². The van der Waals surface area contributed by atoms with Gasteiger partial charge in [0.2, 0.25) is 0 Å². The molecular formula is C9H12F6N2O2. The van der Waals surface area contributed by atoms with Crippen molar-refractivity contribution in [1.29, 1.82) is 0 Å². The van der Waals surface area contributed by atoms with Gasteiger partial charge in [0.05, 0.1) is 6.54 Å². The molecule has 0 N–H and O–H groups in total. The monoisotopic (exact) mass is 294 g/mol. The highest BCUT2D eigenvalue weighted by Crippen LogP contribution is 2.18. The predicted octanol–water partition coefficient (Wildman–Crippen LogP) is 1.87. The highest BCUT2D eigenvalue weighted by atomic mass is 19.4. The van der Waals surface area contributed by atoms with E-state index in [0.717, 1.165) is 9.80 Å². The maximum Gasteiger partial charge on any atom is 0.422 e. The highest BCUT2D eigenvalue weighted by molar-refractivity contribution is 5.67. The van der Waals surface area contributed by atoms with E-state index in [1.165, 1.54) is 0 Å². The molecule has 10 heteroatoms. The van der Waals surface area contributed by atoms with Crippen LogP contribution in [0.2, 0.25) is 0 Å². The van der Waals surface area contributed by atoms with Crippen molar-refractivity contribution in [3.63, 3.8) is 0 Å². The first-order chi connectivity index (χ1) is 8.57. The minimum Gasteiger partial charge on any atom is -0.440 e. The number of amides is 1. The fourth-order valence-electron chi connectivity index (χ4n) is 1.58. The van der Waals surface area contributed by atoms with E-state index in [4.69, 9.17) is 0 Å². The van der Waals surface area contributed by atoms with Crippen LogP contribution in [0.15, 0.2) is 0 Å². The summed E-state index contributed by atoms with van der Waals surface area (Å²) in [6.07, 6.45) is -10.1. The van der Waals surface area contributed by atoms with Crippen molar-refractivity contribution < 1.29 is 35.9 Å². The average molecular weight is 294 g/mol. The molecule has 1 aliphatic rings. The van der Waals surface area contributed by atoms with Gasteiger partial charge in [-0.1, -0.05) is 0 Å². The molecule has 0 saturated carbocycles. The smallest absolute Gasteiger partial charge is 0.422 e. The van der Waals surface area contributed by atoms with Crippen molar-refractivity contribution in [3.8, 4) is 0 Å². The molecule has 19 heavy (non-hydrogen) atoms. The number of carbonyl (C=O) groups excluding carboxylic acids is 1. The Morgan fingerprint density at radius 2 is 1.47 bits per heavy atom. The summed E-state index contributed by atoms with van der Waals surface area (Å²) in [4.78, 5) is 13.2. The second-order valence-electron chi connectivity index (χ2n) is 4.05. The van der Waals surface area contributed by atoms with Gasteiger partial charge in [-0.15, -0.1) is 0 Å². The van der Waals surface area contributed by atoms with E-state index in [1.807, 2.05) is 0 Å². The maximum atomic E-state index is 12.1. The third-order valence-electron chi connectivity index (χ3n) is 2.39. The van der Waals surface area contributed by atoms with Crippen LogP contribution in [-0.4, -0.2) is 67.6 Å². The quantitative estimate of drug-likeness (QED) is 0.729. The van der Waals surface area contributed by atoms with Crippen LogP contribution in [0.4, 0.5) is 31.1 Å². The molecule has 0 spiro atoms. The molecule has 1 heterocycles. The van der Waals surface area contributed by atoms with Gasteiger partial charge in [0.25, 0.3) is 0 Å². The molecule has 1 fully saturated rings. The van der Waals surface area contributed by atoms with Gasteiger partial charge in [-0.3, -0.25) is 4.90 Å². The van der Waals surface area contributed by atoms with Crippen LogP contribution in [0, 0.1) is 0 Å². The molecule has 0 unspecified atom stereocenters. The van der Waals surface area contributed by atoms with Crippen molar-refractivity contribution in [1.82, 2.24) is 9.80 Å².